The molecule has 1 amide bonds. The van der Waals surface area contributed by atoms with Crippen LogP contribution in [0, 0.1) is 5.92 Å². The van der Waals surface area contributed by atoms with Gasteiger partial charge in [0.2, 0.25) is 17.8 Å². The first-order chi connectivity index (χ1) is 20.8. The van der Waals surface area contributed by atoms with Crippen molar-refractivity contribution < 1.29 is 4.79 Å². The van der Waals surface area contributed by atoms with Gasteiger partial charge in [0.05, 0.1) is 0 Å². The van der Waals surface area contributed by atoms with Crippen LogP contribution in [-0.4, -0.2) is 39.4 Å². The summed E-state index contributed by atoms with van der Waals surface area (Å²) in [7, 11) is 0. The van der Waals surface area contributed by atoms with E-state index in [9.17, 15) is 4.79 Å². The van der Waals surface area contributed by atoms with Crippen LogP contribution in [0.4, 0.5) is 17.6 Å². The highest BCUT2D eigenvalue weighted by molar-refractivity contribution is 5.96. The first kappa shape index (κ1) is 28.9. The van der Waals surface area contributed by atoms with Gasteiger partial charge < -0.3 is 21.3 Å². The smallest absolute Gasteiger partial charge is 0.230 e. The van der Waals surface area contributed by atoms with Crippen molar-refractivity contribution in [1.82, 2.24) is 14.4 Å². The molecule has 224 valence electrons. The number of carbonyl (C=O) groups excluding carboxylic acids is 1. The summed E-state index contributed by atoms with van der Waals surface area (Å²) < 4.78 is 2.08. The Labute approximate surface area is 254 Å². The fourth-order valence-electron chi connectivity index (χ4n) is 6.20. The van der Waals surface area contributed by atoms with Gasteiger partial charge in [-0.25, -0.2) is 0 Å². The molecule has 2 aromatic carbocycles. The van der Waals surface area contributed by atoms with E-state index in [1.165, 1.54) is 27.8 Å². The van der Waals surface area contributed by atoms with Gasteiger partial charge in [-0.15, -0.1) is 0 Å². The number of carbonyl (C=O) groups is 1. The number of hydrogen-bond acceptors (Lipinski definition) is 6. The summed E-state index contributed by atoms with van der Waals surface area (Å²) in [4.78, 5) is 24.9. The van der Waals surface area contributed by atoms with Crippen LogP contribution in [0.3, 0.4) is 0 Å². The third-order valence-corrected chi connectivity index (χ3v) is 8.55. The van der Waals surface area contributed by atoms with Crippen molar-refractivity contribution in [3.63, 3.8) is 0 Å². The minimum atomic E-state index is 0.0648. The topological polar surface area (TPSA) is 101 Å². The first-order valence-electron chi connectivity index (χ1n) is 15.6. The zero-order valence-electron chi connectivity index (χ0n) is 25.7. The molecular formula is C35H43N7O. The summed E-state index contributed by atoms with van der Waals surface area (Å²) in [5.74, 6) is 2.29. The van der Waals surface area contributed by atoms with Gasteiger partial charge in [-0.3, -0.25) is 9.20 Å². The molecule has 1 aliphatic heterocycles. The number of amides is 1. The van der Waals surface area contributed by atoms with Crippen LogP contribution in [0.1, 0.15) is 80.7 Å². The van der Waals surface area contributed by atoms with E-state index in [4.69, 9.17) is 15.7 Å². The number of hydrogen-bond donors (Lipinski definition) is 3. The molecule has 1 fully saturated rings. The Morgan fingerprint density at radius 2 is 1.81 bits per heavy atom. The summed E-state index contributed by atoms with van der Waals surface area (Å²) in [5.41, 5.74) is 15.3. The largest absolute Gasteiger partial charge is 0.351 e. The Morgan fingerprint density at radius 3 is 2.58 bits per heavy atom. The number of rotatable bonds is 9. The molecule has 4 N–H and O–H groups in total. The van der Waals surface area contributed by atoms with Crippen molar-refractivity contribution >= 4 is 40.8 Å². The zero-order chi connectivity index (χ0) is 30.1. The fraction of sp³-hybridized carbons (Fsp3) is 0.400. The average Bonchev–Trinajstić information content (AvgIpc) is 3.61. The quantitative estimate of drug-likeness (QED) is 0.211. The van der Waals surface area contributed by atoms with E-state index in [2.05, 4.69) is 96.3 Å². The molecule has 0 bridgehead atoms. The summed E-state index contributed by atoms with van der Waals surface area (Å²) in [5, 5.41) is 6.82. The van der Waals surface area contributed by atoms with E-state index in [-0.39, 0.29) is 11.9 Å². The third-order valence-electron chi connectivity index (χ3n) is 8.55. The minimum absolute atomic E-state index is 0.0648. The highest BCUT2D eigenvalue weighted by atomic mass is 16.1. The number of fused-ring (bicyclic) bond motifs is 2. The maximum Gasteiger partial charge on any atom is 0.230 e. The summed E-state index contributed by atoms with van der Waals surface area (Å²) in [6, 6.07) is 17.1. The van der Waals surface area contributed by atoms with Crippen molar-refractivity contribution in [3.8, 4) is 0 Å². The van der Waals surface area contributed by atoms with Gasteiger partial charge in [0.25, 0.3) is 0 Å². The van der Waals surface area contributed by atoms with Crippen LogP contribution < -0.4 is 21.3 Å². The van der Waals surface area contributed by atoms with Gasteiger partial charge in [0.1, 0.15) is 5.65 Å². The van der Waals surface area contributed by atoms with Crippen molar-refractivity contribution in [2.45, 2.75) is 71.9 Å². The summed E-state index contributed by atoms with van der Waals surface area (Å²) in [6.45, 7) is 10.9. The summed E-state index contributed by atoms with van der Waals surface area (Å²) >= 11 is 0. The molecule has 0 unspecified atom stereocenters. The SMILES string of the molecule is CC(C)CC(=O)Nc1cccc2c1CC(c1ccccc1CNc1nc(N3CCC(N)CC3)nc3c(C(C)C)ccn13)=C2. The molecule has 43 heavy (non-hydrogen) atoms. The van der Waals surface area contributed by atoms with Crippen LogP contribution in [0.5, 0.6) is 0 Å². The Kier molecular flexibility index (Phi) is 8.21. The number of nitrogens with zero attached hydrogens (tertiary/aromatic N) is 4. The van der Waals surface area contributed by atoms with Crippen LogP contribution >= 0.6 is 0 Å². The highest BCUT2D eigenvalue weighted by Gasteiger charge is 2.23. The lowest BCUT2D eigenvalue weighted by atomic mass is 9.97. The standard InChI is InChI=1S/C35H43N7O/c1-22(2)18-32(43)38-31-11-7-9-24-19-26(20-30(24)31)29-10-6-5-8-25(29)21-37-34-40-35(41-15-12-27(36)13-16-41)39-33-28(23(3)4)14-17-42(33)34/h5-11,14,17,19,22-23,27H,12-13,15-16,18,20-21,36H2,1-4H3,(H,38,43)(H,37,39,40). The maximum atomic E-state index is 12.6. The molecule has 2 aliphatic rings. The van der Waals surface area contributed by atoms with Gasteiger partial charge >= 0.3 is 0 Å². The maximum absolute atomic E-state index is 12.6. The first-order valence-corrected chi connectivity index (χ1v) is 15.6. The molecule has 0 saturated carbocycles. The molecule has 0 radical (unpaired) electrons. The van der Waals surface area contributed by atoms with Gasteiger partial charge in [-0.05, 0) is 70.2 Å². The van der Waals surface area contributed by atoms with E-state index in [1.54, 1.807) is 0 Å². The van der Waals surface area contributed by atoms with E-state index in [0.717, 1.165) is 61.1 Å². The minimum Gasteiger partial charge on any atom is -0.351 e. The fourth-order valence-corrected chi connectivity index (χ4v) is 6.20. The van der Waals surface area contributed by atoms with Gasteiger partial charge in [0.15, 0.2) is 0 Å². The second-order valence-corrected chi connectivity index (χ2v) is 12.7. The van der Waals surface area contributed by atoms with Gasteiger partial charge in [0, 0.05) is 50.4 Å². The normalized spacial score (nSPS) is 15.3. The molecule has 6 rings (SSSR count). The molecule has 4 aromatic rings. The lowest BCUT2D eigenvalue weighted by Crippen LogP contribution is -2.40. The lowest BCUT2D eigenvalue weighted by molar-refractivity contribution is -0.116. The number of nitrogens with one attached hydrogen (secondary N) is 2. The van der Waals surface area contributed by atoms with E-state index >= 15 is 0 Å². The number of anilines is 3. The van der Waals surface area contributed by atoms with Gasteiger partial charge in [-0.2, -0.15) is 9.97 Å². The lowest BCUT2D eigenvalue weighted by Gasteiger charge is -2.30. The predicted molar refractivity (Wildman–Crippen MR) is 176 cm³/mol. The number of piperidine rings is 1. The van der Waals surface area contributed by atoms with E-state index in [0.29, 0.717) is 24.8 Å². The summed E-state index contributed by atoms with van der Waals surface area (Å²) in [6.07, 6.45) is 7.52. The highest BCUT2D eigenvalue weighted by Crippen LogP contribution is 2.37. The Hall–Kier alpha value is -4.17. The molecule has 1 aliphatic carbocycles. The number of allylic oxidation sites excluding steroid dienone is 1. The number of benzene rings is 2. The molecule has 1 saturated heterocycles. The monoisotopic (exact) mass is 577 g/mol. The number of aromatic nitrogens is 3. The second kappa shape index (κ2) is 12.2. The van der Waals surface area contributed by atoms with Crippen LogP contribution in [0.25, 0.3) is 17.3 Å². The van der Waals surface area contributed by atoms with Gasteiger partial charge in [-0.1, -0.05) is 70.2 Å². The Balaban J connectivity index is 1.26. The van der Waals surface area contributed by atoms with Crippen molar-refractivity contribution in [2.24, 2.45) is 11.7 Å². The molecule has 0 spiro atoms. The third kappa shape index (κ3) is 6.15. The van der Waals surface area contributed by atoms with Crippen molar-refractivity contribution in [1.29, 1.82) is 0 Å². The molecule has 2 aromatic heterocycles. The van der Waals surface area contributed by atoms with E-state index < -0.39 is 0 Å². The molecule has 8 nitrogen and oxygen atoms in total. The second-order valence-electron chi connectivity index (χ2n) is 12.7. The van der Waals surface area contributed by atoms with Crippen LogP contribution in [0.15, 0.2) is 54.7 Å². The zero-order valence-corrected chi connectivity index (χ0v) is 25.7. The molecule has 3 heterocycles. The molecular weight excluding hydrogens is 534 g/mol. The Morgan fingerprint density at radius 1 is 1.02 bits per heavy atom. The molecule has 8 heteroatoms. The van der Waals surface area contributed by atoms with E-state index in [1.807, 2.05) is 12.1 Å². The average molecular weight is 578 g/mol. The number of nitrogens with two attached hydrogens (primary N) is 1. The predicted octanol–water partition coefficient (Wildman–Crippen LogP) is 6.47. The Bertz CT molecular complexity index is 1660. The van der Waals surface area contributed by atoms with Crippen molar-refractivity contribution in [2.75, 3.05) is 28.6 Å². The van der Waals surface area contributed by atoms with Crippen LogP contribution in [-0.2, 0) is 17.8 Å². The van der Waals surface area contributed by atoms with Crippen molar-refractivity contribution in [3.05, 3.63) is 82.5 Å². The molecule has 0 atom stereocenters. The van der Waals surface area contributed by atoms with Crippen LogP contribution in [0.2, 0.25) is 0 Å².